The summed E-state index contributed by atoms with van der Waals surface area (Å²) in [6.45, 7) is 0. The first-order valence-electron chi connectivity index (χ1n) is 3.19. The van der Waals surface area contributed by atoms with Crippen molar-refractivity contribution in [2.45, 2.75) is 4.90 Å². The number of nitrogens with one attached hydrogen (secondary N) is 1. The average Bonchev–Trinajstić information content (AvgIpc) is 2.05. The van der Waals surface area contributed by atoms with Crippen molar-refractivity contribution in [2.75, 3.05) is 5.88 Å². The quantitative estimate of drug-likeness (QED) is 0.730. The fraction of sp³-hybridized carbons (Fsp3) is 0.143. The van der Waals surface area contributed by atoms with E-state index in [2.05, 4.69) is 0 Å². The predicted molar refractivity (Wildman–Crippen MR) is 46.6 cm³/mol. The van der Waals surface area contributed by atoms with E-state index in [1.165, 1.54) is 24.3 Å². The van der Waals surface area contributed by atoms with Crippen molar-refractivity contribution >= 4 is 21.4 Å². The summed E-state index contributed by atoms with van der Waals surface area (Å²) in [5.41, 5.74) is 6.78. The molecule has 0 amide bonds. The van der Waals surface area contributed by atoms with Crippen LogP contribution in [0.1, 0.15) is 0 Å². The second kappa shape index (κ2) is 3.43. The van der Waals surface area contributed by atoms with E-state index in [1.54, 1.807) is 0 Å². The van der Waals surface area contributed by atoms with Gasteiger partial charge in [-0.2, -0.15) is 0 Å². The van der Waals surface area contributed by atoms with Crippen LogP contribution in [0.4, 0.5) is 0 Å². The van der Waals surface area contributed by atoms with Crippen LogP contribution in [0.15, 0.2) is 29.2 Å². The largest absolute Gasteiger partial charge is 0.241 e. The molecule has 0 fully saturated rings. The highest BCUT2D eigenvalue weighted by Crippen LogP contribution is 2.14. The monoisotopic (exact) mass is 204 g/mol. The van der Waals surface area contributed by atoms with Crippen LogP contribution >= 0.6 is 11.6 Å². The molecular formula is C7H7ClNO2S. The fourth-order valence-corrected chi connectivity index (χ4v) is 1.57. The van der Waals surface area contributed by atoms with Gasteiger partial charge in [0.2, 0.25) is 0 Å². The molecule has 1 aromatic rings. The molecule has 0 bridgehead atoms. The summed E-state index contributed by atoms with van der Waals surface area (Å²) in [5.74, 6) is -0.630. The van der Waals surface area contributed by atoms with Gasteiger partial charge in [0.05, 0.1) is 4.90 Å². The van der Waals surface area contributed by atoms with E-state index in [0.29, 0.717) is 5.02 Å². The van der Waals surface area contributed by atoms with Crippen LogP contribution in [-0.4, -0.2) is 14.3 Å². The smallest absolute Gasteiger partial charge is 0.192 e. The molecule has 0 aliphatic heterocycles. The van der Waals surface area contributed by atoms with E-state index in [9.17, 15) is 8.42 Å². The van der Waals surface area contributed by atoms with Gasteiger partial charge in [-0.25, -0.2) is 14.2 Å². The molecule has 1 aromatic carbocycles. The number of sulfone groups is 1. The van der Waals surface area contributed by atoms with Crippen LogP contribution in [0.25, 0.3) is 0 Å². The predicted octanol–water partition coefficient (Wildman–Crippen LogP) is 1.35. The molecule has 65 valence electrons. The summed E-state index contributed by atoms with van der Waals surface area (Å²) in [6.07, 6.45) is 0. The lowest BCUT2D eigenvalue weighted by atomic mass is 10.4. The van der Waals surface area contributed by atoms with Gasteiger partial charge in [-0.05, 0) is 24.3 Å². The maximum atomic E-state index is 11.1. The highest BCUT2D eigenvalue weighted by Gasteiger charge is 2.10. The van der Waals surface area contributed by atoms with Gasteiger partial charge in [-0.3, -0.25) is 0 Å². The third-order valence-electron chi connectivity index (χ3n) is 1.36. The van der Waals surface area contributed by atoms with Crippen molar-refractivity contribution in [1.82, 2.24) is 5.73 Å². The van der Waals surface area contributed by atoms with Crippen molar-refractivity contribution in [2.24, 2.45) is 0 Å². The number of rotatable bonds is 2. The van der Waals surface area contributed by atoms with Gasteiger partial charge in [-0.1, -0.05) is 11.6 Å². The summed E-state index contributed by atoms with van der Waals surface area (Å²) >= 11 is 5.56. The van der Waals surface area contributed by atoms with E-state index in [-0.39, 0.29) is 4.90 Å². The van der Waals surface area contributed by atoms with Crippen LogP contribution in [-0.2, 0) is 9.84 Å². The Kier molecular flexibility index (Phi) is 2.72. The second-order valence-electron chi connectivity index (χ2n) is 2.21. The van der Waals surface area contributed by atoms with Crippen molar-refractivity contribution < 1.29 is 8.42 Å². The summed E-state index contributed by atoms with van der Waals surface area (Å²) in [7, 11) is -3.41. The molecule has 0 aliphatic rings. The summed E-state index contributed by atoms with van der Waals surface area (Å²) < 4.78 is 22.2. The molecule has 0 unspecified atom stereocenters. The molecule has 0 aromatic heterocycles. The fourth-order valence-electron chi connectivity index (χ4n) is 0.725. The number of hydrogen-bond acceptors (Lipinski definition) is 2. The van der Waals surface area contributed by atoms with Gasteiger partial charge in [0.15, 0.2) is 9.84 Å². The maximum absolute atomic E-state index is 11.1. The number of hydrogen-bond donors (Lipinski definition) is 0. The van der Waals surface area contributed by atoms with Gasteiger partial charge in [0.1, 0.15) is 5.88 Å². The third-order valence-corrected chi connectivity index (χ3v) is 2.99. The van der Waals surface area contributed by atoms with Crippen LogP contribution in [0.2, 0.25) is 5.02 Å². The number of halogens is 1. The summed E-state index contributed by atoms with van der Waals surface area (Å²) in [5, 5.41) is 0.485. The highest BCUT2D eigenvalue weighted by atomic mass is 35.5. The molecule has 1 N–H and O–H groups in total. The van der Waals surface area contributed by atoms with Crippen LogP contribution < -0.4 is 5.73 Å². The molecule has 5 heteroatoms. The molecule has 0 heterocycles. The standard InChI is InChI=1S/C7H7ClNO2S/c8-6-1-3-7(4-2-6)12(10,11)5-9/h1-4,9H,5H2. The SMILES string of the molecule is [NH]CS(=O)(=O)c1ccc(Cl)cc1. The lowest BCUT2D eigenvalue weighted by molar-refractivity contribution is 0.595. The molecule has 0 saturated carbocycles. The topological polar surface area (TPSA) is 57.9 Å². The van der Waals surface area contributed by atoms with Gasteiger partial charge in [0.25, 0.3) is 0 Å². The first-order chi connectivity index (χ1) is 5.56. The Morgan fingerprint density at radius 2 is 1.75 bits per heavy atom. The van der Waals surface area contributed by atoms with Crippen LogP contribution in [0.5, 0.6) is 0 Å². The van der Waals surface area contributed by atoms with Gasteiger partial charge < -0.3 is 0 Å². The van der Waals surface area contributed by atoms with Crippen LogP contribution in [0, 0.1) is 0 Å². The van der Waals surface area contributed by atoms with Crippen LogP contribution in [0.3, 0.4) is 0 Å². The molecule has 1 radical (unpaired) electrons. The van der Waals surface area contributed by atoms with E-state index in [1.807, 2.05) is 0 Å². The zero-order valence-corrected chi connectivity index (χ0v) is 7.69. The van der Waals surface area contributed by atoms with Crippen molar-refractivity contribution in [3.8, 4) is 0 Å². The summed E-state index contributed by atoms with van der Waals surface area (Å²) in [6, 6.07) is 5.77. The molecular weight excluding hydrogens is 198 g/mol. The average molecular weight is 205 g/mol. The Labute approximate surface area is 76.1 Å². The molecule has 3 nitrogen and oxygen atoms in total. The number of benzene rings is 1. The minimum atomic E-state index is -3.41. The summed E-state index contributed by atoms with van der Waals surface area (Å²) in [4.78, 5) is 0.141. The van der Waals surface area contributed by atoms with E-state index >= 15 is 0 Å². The zero-order valence-electron chi connectivity index (χ0n) is 6.12. The maximum Gasteiger partial charge on any atom is 0.192 e. The first kappa shape index (κ1) is 9.51. The lowest BCUT2D eigenvalue weighted by Crippen LogP contribution is -2.06. The molecule has 12 heavy (non-hydrogen) atoms. The Morgan fingerprint density at radius 3 is 2.17 bits per heavy atom. The second-order valence-corrected chi connectivity index (χ2v) is 4.64. The first-order valence-corrected chi connectivity index (χ1v) is 5.22. The third kappa shape index (κ3) is 1.97. The van der Waals surface area contributed by atoms with Gasteiger partial charge in [-0.15, -0.1) is 0 Å². The minimum absolute atomic E-state index is 0.141. The molecule has 0 atom stereocenters. The van der Waals surface area contributed by atoms with Crippen molar-refractivity contribution in [3.05, 3.63) is 29.3 Å². The zero-order chi connectivity index (χ0) is 9.19. The van der Waals surface area contributed by atoms with Gasteiger partial charge >= 0.3 is 0 Å². The molecule has 1 rings (SSSR count). The van der Waals surface area contributed by atoms with E-state index in [4.69, 9.17) is 17.3 Å². The Hall–Kier alpha value is -0.580. The highest BCUT2D eigenvalue weighted by molar-refractivity contribution is 7.91. The normalized spacial score (nSPS) is 11.5. The molecule has 0 aliphatic carbocycles. The minimum Gasteiger partial charge on any atom is -0.241 e. The molecule has 0 spiro atoms. The lowest BCUT2D eigenvalue weighted by Gasteiger charge is -1.99. The van der Waals surface area contributed by atoms with E-state index in [0.717, 1.165) is 0 Å². The van der Waals surface area contributed by atoms with Crippen molar-refractivity contribution in [1.29, 1.82) is 0 Å². The molecule has 0 saturated heterocycles. The Balaban J connectivity index is 3.14. The van der Waals surface area contributed by atoms with Gasteiger partial charge in [0, 0.05) is 5.02 Å². The Morgan fingerprint density at radius 1 is 1.25 bits per heavy atom. The Bertz CT molecular complexity index is 357. The van der Waals surface area contributed by atoms with Crippen molar-refractivity contribution in [3.63, 3.8) is 0 Å². The van der Waals surface area contributed by atoms with E-state index < -0.39 is 15.7 Å².